The van der Waals surface area contributed by atoms with E-state index in [1.54, 1.807) is 0 Å². The van der Waals surface area contributed by atoms with E-state index in [1.165, 1.54) is 13.5 Å². The van der Waals surface area contributed by atoms with Crippen molar-refractivity contribution >= 4 is 11.9 Å². The van der Waals surface area contributed by atoms with Crippen LogP contribution in [0.5, 0.6) is 0 Å². The van der Waals surface area contributed by atoms with Crippen molar-refractivity contribution < 1.29 is 14.3 Å². The van der Waals surface area contributed by atoms with Gasteiger partial charge in [0.1, 0.15) is 6.04 Å². The maximum atomic E-state index is 12.3. The molecule has 1 heterocycles. The van der Waals surface area contributed by atoms with Crippen LogP contribution in [0.3, 0.4) is 0 Å². The van der Waals surface area contributed by atoms with Crippen LogP contribution in [0.25, 0.3) is 0 Å². The Bertz CT molecular complexity index is 312. The van der Waals surface area contributed by atoms with E-state index >= 15 is 0 Å². The van der Waals surface area contributed by atoms with Crippen LogP contribution < -0.4 is 5.32 Å². The van der Waals surface area contributed by atoms with Gasteiger partial charge in [0.2, 0.25) is 5.91 Å². The van der Waals surface area contributed by atoms with Gasteiger partial charge in [-0.2, -0.15) is 0 Å². The quantitative estimate of drug-likeness (QED) is 0.762. The minimum absolute atomic E-state index is 0.0780. The van der Waals surface area contributed by atoms with E-state index in [0.717, 1.165) is 25.9 Å². The molecule has 1 saturated heterocycles. The van der Waals surface area contributed by atoms with Gasteiger partial charge in [0.25, 0.3) is 0 Å². The highest BCUT2D eigenvalue weighted by Gasteiger charge is 2.29. The van der Waals surface area contributed by atoms with E-state index in [2.05, 4.69) is 5.32 Å². The summed E-state index contributed by atoms with van der Waals surface area (Å²) in [6.45, 7) is 7.35. The number of rotatable bonds is 5. The highest BCUT2D eigenvalue weighted by Crippen LogP contribution is 2.11. The summed E-state index contributed by atoms with van der Waals surface area (Å²) in [6.07, 6.45) is 3.34. The van der Waals surface area contributed by atoms with Crippen molar-refractivity contribution in [2.75, 3.05) is 20.2 Å². The SMILES string of the molecule is COC(=O)C(NC(C)C(=O)N1CCCCC1)C(C)C. The fourth-order valence-corrected chi connectivity index (χ4v) is 2.39. The lowest BCUT2D eigenvalue weighted by Crippen LogP contribution is -2.53. The number of esters is 1. The first kappa shape index (κ1) is 16.0. The maximum Gasteiger partial charge on any atom is 0.323 e. The van der Waals surface area contributed by atoms with E-state index < -0.39 is 6.04 Å². The third kappa shape index (κ3) is 4.49. The van der Waals surface area contributed by atoms with Crippen LogP contribution in [0.4, 0.5) is 0 Å². The van der Waals surface area contributed by atoms with Crippen molar-refractivity contribution in [2.24, 2.45) is 5.92 Å². The zero-order chi connectivity index (χ0) is 14.4. The fourth-order valence-electron chi connectivity index (χ4n) is 2.39. The van der Waals surface area contributed by atoms with Gasteiger partial charge in [-0.05, 0) is 32.1 Å². The fraction of sp³-hybridized carbons (Fsp3) is 0.857. The summed E-state index contributed by atoms with van der Waals surface area (Å²) in [5, 5.41) is 3.10. The van der Waals surface area contributed by atoms with Crippen molar-refractivity contribution in [3.05, 3.63) is 0 Å². The monoisotopic (exact) mass is 270 g/mol. The Labute approximate surface area is 115 Å². The Hall–Kier alpha value is -1.10. The molecular formula is C14H26N2O3. The zero-order valence-corrected chi connectivity index (χ0v) is 12.4. The number of piperidine rings is 1. The molecule has 1 fully saturated rings. The topological polar surface area (TPSA) is 58.6 Å². The number of nitrogens with zero attached hydrogens (tertiary/aromatic N) is 1. The van der Waals surface area contributed by atoms with E-state index in [-0.39, 0.29) is 23.8 Å². The van der Waals surface area contributed by atoms with Crippen LogP contribution in [0.1, 0.15) is 40.0 Å². The Morgan fingerprint density at radius 2 is 1.68 bits per heavy atom. The van der Waals surface area contributed by atoms with Crippen molar-refractivity contribution in [1.29, 1.82) is 0 Å². The molecule has 1 aliphatic rings. The Balaban J connectivity index is 2.57. The summed E-state index contributed by atoms with van der Waals surface area (Å²) in [7, 11) is 1.37. The molecule has 1 aliphatic heterocycles. The number of carbonyl (C=O) groups is 2. The average molecular weight is 270 g/mol. The van der Waals surface area contributed by atoms with Crippen LogP contribution >= 0.6 is 0 Å². The van der Waals surface area contributed by atoms with Crippen LogP contribution in [0.2, 0.25) is 0 Å². The van der Waals surface area contributed by atoms with E-state index in [9.17, 15) is 9.59 Å². The average Bonchev–Trinajstić information content (AvgIpc) is 2.43. The van der Waals surface area contributed by atoms with Gasteiger partial charge in [0.05, 0.1) is 13.2 Å². The first-order chi connectivity index (χ1) is 8.97. The number of amides is 1. The number of likely N-dealkylation sites (tertiary alicyclic amines) is 1. The van der Waals surface area contributed by atoms with E-state index in [1.807, 2.05) is 25.7 Å². The minimum Gasteiger partial charge on any atom is -0.468 e. The molecule has 0 bridgehead atoms. The number of ether oxygens (including phenoxy) is 1. The van der Waals surface area contributed by atoms with Gasteiger partial charge in [-0.3, -0.25) is 14.9 Å². The number of hydrogen-bond acceptors (Lipinski definition) is 4. The zero-order valence-electron chi connectivity index (χ0n) is 12.4. The van der Waals surface area contributed by atoms with Crippen LogP contribution in [-0.4, -0.2) is 49.1 Å². The van der Waals surface area contributed by atoms with Crippen LogP contribution in [0, 0.1) is 5.92 Å². The molecule has 1 N–H and O–H groups in total. The summed E-state index contributed by atoms with van der Waals surface area (Å²) in [6, 6.07) is -0.793. The summed E-state index contributed by atoms with van der Waals surface area (Å²) in [4.78, 5) is 25.8. The highest BCUT2D eigenvalue weighted by atomic mass is 16.5. The summed E-state index contributed by atoms with van der Waals surface area (Å²) >= 11 is 0. The van der Waals surface area contributed by atoms with Gasteiger partial charge in [-0.1, -0.05) is 13.8 Å². The smallest absolute Gasteiger partial charge is 0.323 e. The highest BCUT2D eigenvalue weighted by molar-refractivity contribution is 5.83. The normalized spacial score (nSPS) is 19.1. The Morgan fingerprint density at radius 1 is 1.11 bits per heavy atom. The molecule has 110 valence electrons. The number of nitrogens with one attached hydrogen (secondary N) is 1. The lowest BCUT2D eigenvalue weighted by atomic mass is 10.0. The predicted molar refractivity (Wildman–Crippen MR) is 73.7 cm³/mol. The molecule has 1 amide bonds. The second-order valence-electron chi connectivity index (χ2n) is 5.52. The molecule has 2 unspecified atom stereocenters. The number of carbonyl (C=O) groups excluding carboxylic acids is 2. The van der Waals surface area contributed by atoms with Gasteiger partial charge in [-0.15, -0.1) is 0 Å². The van der Waals surface area contributed by atoms with Gasteiger partial charge in [0.15, 0.2) is 0 Å². The van der Waals surface area contributed by atoms with Crippen molar-refractivity contribution in [3.63, 3.8) is 0 Å². The van der Waals surface area contributed by atoms with Gasteiger partial charge in [-0.25, -0.2) is 0 Å². The molecule has 0 spiro atoms. The Kier molecular flexibility index (Phi) is 6.28. The summed E-state index contributed by atoms with van der Waals surface area (Å²) in [5.74, 6) is -0.147. The molecule has 0 aliphatic carbocycles. The third-order valence-corrected chi connectivity index (χ3v) is 3.59. The summed E-state index contributed by atoms with van der Waals surface area (Å²) in [5.41, 5.74) is 0. The van der Waals surface area contributed by atoms with Crippen molar-refractivity contribution in [3.8, 4) is 0 Å². The molecule has 0 aromatic rings. The van der Waals surface area contributed by atoms with E-state index in [0.29, 0.717) is 0 Å². The van der Waals surface area contributed by atoms with Gasteiger partial charge < -0.3 is 9.64 Å². The molecule has 19 heavy (non-hydrogen) atoms. The first-order valence-electron chi connectivity index (χ1n) is 7.10. The number of hydrogen-bond donors (Lipinski definition) is 1. The molecule has 2 atom stereocenters. The Morgan fingerprint density at radius 3 is 2.16 bits per heavy atom. The molecule has 0 radical (unpaired) electrons. The van der Waals surface area contributed by atoms with Gasteiger partial charge >= 0.3 is 5.97 Å². The second kappa shape index (κ2) is 7.48. The predicted octanol–water partition coefficient (Wildman–Crippen LogP) is 1.17. The molecular weight excluding hydrogens is 244 g/mol. The van der Waals surface area contributed by atoms with Crippen LogP contribution in [-0.2, 0) is 14.3 Å². The first-order valence-corrected chi connectivity index (χ1v) is 7.10. The standard InChI is InChI=1S/C14H26N2O3/c1-10(2)12(14(18)19-4)15-11(3)13(17)16-8-6-5-7-9-16/h10-12,15H,5-9H2,1-4H3. The molecule has 5 heteroatoms. The minimum atomic E-state index is -0.436. The van der Waals surface area contributed by atoms with Crippen molar-refractivity contribution in [2.45, 2.75) is 52.1 Å². The molecule has 0 aromatic heterocycles. The van der Waals surface area contributed by atoms with Crippen molar-refractivity contribution in [1.82, 2.24) is 10.2 Å². The molecule has 5 nitrogen and oxygen atoms in total. The maximum absolute atomic E-state index is 12.3. The summed E-state index contributed by atoms with van der Waals surface area (Å²) < 4.78 is 4.77. The molecule has 1 rings (SSSR count). The third-order valence-electron chi connectivity index (χ3n) is 3.59. The van der Waals surface area contributed by atoms with E-state index in [4.69, 9.17) is 4.74 Å². The largest absolute Gasteiger partial charge is 0.468 e. The lowest BCUT2D eigenvalue weighted by molar-refractivity contribution is -0.145. The number of methoxy groups -OCH3 is 1. The van der Waals surface area contributed by atoms with Crippen LogP contribution in [0.15, 0.2) is 0 Å². The second-order valence-corrected chi connectivity index (χ2v) is 5.52. The van der Waals surface area contributed by atoms with Gasteiger partial charge in [0, 0.05) is 13.1 Å². The lowest BCUT2D eigenvalue weighted by Gasteiger charge is -2.31. The molecule has 0 aromatic carbocycles. The molecule has 0 saturated carbocycles.